The fourth-order valence-electron chi connectivity index (χ4n) is 1.43. The molecule has 2 nitrogen and oxygen atoms in total. The van der Waals surface area contributed by atoms with Gasteiger partial charge in [-0.05, 0) is 43.0 Å². The molecular weight excluding hydrogens is 174 g/mol. The Bertz CT molecular complexity index is 363. The lowest BCUT2D eigenvalue weighted by molar-refractivity contribution is 0.409. The van der Waals surface area contributed by atoms with Crippen molar-refractivity contribution in [1.82, 2.24) is 0 Å². The Morgan fingerprint density at radius 3 is 2.50 bits per heavy atom. The van der Waals surface area contributed by atoms with E-state index in [1.165, 1.54) is 11.1 Å². The molecule has 0 saturated heterocycles. The lowest BCUT2D eigenvalue weighted by Gasteiger charge is -2.10. The highest BCUT2D eigenvalue weighted by Gasteiger charge is 2.05. The van der Waals surface area contributed by atoms with Crippen LogP contribution in [-0.4, -0.2) is 7.11 Å². The van der Waals surface area contributed by atoms with E-state index in [1.807, 2.05) is 6.07 Å². The minimum Gasteiger partial charge on any atom is -0.496 e. The molecule has 0 aliphatic heterocycles. The first-order valence-corrected chi connectivity index (χ1v) is 4.70. The summed E-state index contributed by atoms with van der Waals surface area (Å²) >= 11 is 0. The molecule has 1 aromatic rings. The lowest BCUT2D eigenvalue weighted by atomic mass is 10.0. The summed E-state index contributed by atoms with van der Waals surface area (Å²) in [5.74, 6) is 0.892. The minimum atomic E-state index is 0.541. The maximum Gasteiger partial charge on any atom is 0.122 e. The van der Waals surface area contributed by atoms with Crippen LogP contribution >= 0.6 is 0 Å². The Morgan fingerprint density at radius 1 is 1.29 bits per heavy atom. The second-order valence-corrected chi connectivity index (χ2v) is 3.41. The smallest absolute Gasteiger partial charge is 0.122 e. The molecule has 74 valence electrons. The van der Waals surface area contributed by atoms with Crippen LogP contribution in [0.2, 0.25) is 0 Å². The van der Waals surface area contributed by atoms with Crippen LogP contribution in [0.4, 0.5) is 0 Å². The van der Waals surface area contributed by atoms with E-state index >= 15 is 0 Å². The molecule has 0 radical (unpaired) electrons. The van der Waals surface area contributed by atoms with Crippen LogP contribution in [0.15, 0.2) is 12.1 Å². The first kappa shape index (κ1) is 10.6. The van der Waals surface area contributed by atoms with Gasteiger partial charge in [0, 0.05) is 6.42 Å². The average Bonchev–Trinajstić information content (AvgIpc) is 2.19. The van der Waals surface area contributed by atoms with Crippen molar-refractivity contribution >= 4 is 0 Å². The summed E-state index contributed by atoms with van der Waals surface area (Å²) in [5, 5.41) is 8.52. The second kappa shape index (κ2) is 4.66. The summed E-state index contributed by atoms with van der Waals surface area (Å²) in [7, 11) is 1.67. The summed E-state index contributed by atoms with van der Waals surface area (Å²) in [6.07, 6.45) is 1.31. The Kier molecular flexibility index (Phi) is 3.53. The standard InChI is InChI=1S/C12H15NO/c1-9-7-11(5-4-6-13)12(14-3)8-10(9)2/h7-8H,4-5H2,1-3H3. The van der Waals surface area contributed by atoms with Gasteiger partial charge in [0.05, 0.1) is 13.2 Å². The van der Waals surface area contributed by atoms with Gasteiger partial charge in [0.15, 0.2) is 0 Å². The van der Waals surface area contributed by atoms with E-state index in [0.717, 1.165) is 17.7 Å². The van der Waals surface area contributed by atoms with E-state index in [0.29, 0.717) is 6.42 Å². The quantitative estimate of drug-likeness (QED) is 0.732. The fraction of sp³-hybridized carbons (Fsp3) is 0.417. The van der Waals surface area contributed by atoms with Crippen molar-refractivity contribution in [3.8, 4) is 11.8 Å². The normalized spacial score (nSPS) is 9.57. The first-order valence-electron chi connectivity index (χ1n) is 4.70. The first-order chi connectivity index (χ1) is 6.69. The van der Waals surface area contributed by atoms with Gasteiger partial charge in [0.1, 0.15) is 5.75 Å². The van der Waals surface area contributed by atoms with Gasteiger partial charge in [-0.15, -0.1) is 0 Å². The molecule has 0 aliphatic rings. The molecule has 0 fully saturated rings. The topological polar surface area (TPSA) is 33.0 Å². The molecule has 0 N–H and O–H groups in total. The van der Waals surface area contributed by atoms with Crippen LogP contribution in [0, 0.1) is 25.2 Å². The van der Waals surface area contributed by atoms with Crippen molar-refractivity contribution in [1.29, 1.82) is 5.26 Å². The molecule has 0 bridgehead atoms. The van der Waals surface area contributed by atoms with Crippen LogP contribution < -0.4 is 4.74 Å². The van der Waals surface area contributed by atoms with Crippen molar-refractivity contribution < 1.29 is 4.74 Å². The van der Waals surface area contributed by atoms with Crippen molar-refractivity contribution in [2.75, 3.05) is 7.11 Å². The lowest BCUT2D eigenvalue weighted by Crippen LogP contribution is -1.94. The van der Waals surface area contributed by atoms with Crippen molar-refractivity contribution in [3.05, 3.63) is 28.8 Å². The van der Waals surface area contributed by atoms with Gasteiger partial charge < -0.3 is 4.74 Å². The highest BCUT2D eigenvalue weighted by molar-refractivity contribution is 5.41. The summed E-state index contributed by atoms with van der Waals surface area (Å²) in [4.78, 5) is 0. The van der Waals surface area contributed by atoms with Gasteiger partial charge in [-0.2, -0.15) is 5.26 Å². The molecule has 14 heavy (non-hydrogen) atoms. The predicted octanol–water partition coefficient (Wildman–Crippen LogP) is 2.77. The van der Waals surface area contributed by atoms with E-state index in [4.69, 9.17) is 10.00 Å². The third kappa shape index (κ3) is 2.26. The Hall–Kier alpha value is -1.49. The number of nitrogens with zero attached hydrogens (tertiary/aromatic N) is 1. The molecule has 0 heterocycles. The van der Waals surface area contributed by atoms with Gasteiger partial charge in [-0.1, -0.05) is 6.07 Å². The van der Waals surface area contributed by atoms with Crippen molar-refractivity contribution in [2.45, 2.75) is 26.7 Å². The molecule has 1 aromatic carbocycles. The summed E-state index contributed by atoms with van der Waals surface area (Å²) < 4.78 is 5.27. The van der Waals surface area contributed by atoms with Gasteiger partial charge >= 0.3 is 0 Å². The number of nitriles is 1. The van der Waals surface area contributed by atoms with Crippen LogP contribution in [0.1, 0.15) is 23.1 Å². The van der Waals surface area contributed by atoms with E-state index in [1.54, 1.807) is 7.11 Å². The van der Waals surface area contributed by atoms with Crippen molar-refractivity contribution in [2.24, 2.45) is 0 Å². The number of hydrogen-bond acceptors (Lipinski definition) is 2. The molecular formula is C12H15NO. The monoisotopic (exact) mass is 189 g/mol. The van der Waals surface area contributed by atoms with E-state index in [-0.39, 0.29) is 0 Å². The van der Waals surface area contributed by atoms with Gasteiger partial charge in [-0.25, -0.2) is 0 Å². The molecule has 0 saturated carbocycles. The molecule has 0 spiro atoms. The summed E-state index contributed by atoms with van der Waals surface area (Å²) in [5.41, 5.74) is 3.60. The van der Waals surface area contributed by atoms with Crippen LogP contribution in [0.3, 0.4) is 0 Å². The molecule has 0 atom stereocenters. The van der Waals surface area contributed by atoms with Crippen molar-refractivity contribution in [3.63, 3.8) is 0 Å². The van der Waals surface area contributed by atoms with E-state index in [9.17, 15) is 0 Å². The van der Waals surface area contributed by atoms with E-state index < -0.39 is 0 Å². The van der Waals surface area contributed by atoms with E-state index in [2.05, 4.69) is 26.0 Å². The third-order valence-corrected chi connectivity index (χ3v) is 2.40. The van der Waals surface area contributed by atoms with Gasteiger partial charge in [0.2, 0.25) is 0 Å². The highest BCUT2D eigenvalue weighted by Crippen LogP contribution is 2.23. The van der Waals surface area contributed by atoms with Crippen LogP contribution in [0.25, 0.3) is 0 Å². The Morgan fingerprint density at radius 2 is 1.93 bits per heavy atom. The SMILES string of the molecule is COc1cc(C)c(C)cc1CCC#N. The minimum absolute atomic E-state index is 0.541. The number of ether oxygens (including phenoxy) is 1. The number of benzene rings is 1. The number of hydrogen-bond donors (Lipinski definition) is 0. The fourth-order valence-corrected chi connectivity index (χ4v) is 1.43. The Labute approximate surface area is 85.1 Å². The summed E-state index contributed by atoms with van der Waals surface area (Å²) in [6, 6.07) is 6.28. The van der Waals surface area contributed by atoms with Crippen LogP contribution in [0.5, 0.6) is 5.75 Å². The molecule has 0 aliphatic carbocycles. The number of rotatable bonds is 3. The van der Waals surface area contributed by atoms with Gasteiger partial charge in [-0.3, -0.25) is 0 Å². The third-order valence-electron chi connectivity index (χ3n) is 2.40. The average molecular weight is 189 g/mol. The second-order valence-electron chi connectivity index (χ2n) is 3.41. The Balaban J connectivity index is 3.02. The number of aryl methyl sites for hydroxylation is 3. The number of methoxy groups -OCH3 is 1. The zero-order valence-corrected chi connectivity index (χ0v) is 8.92. The van der Waals surface area contributed by atoms with Crippen LogP contribution in [-0.2, 0) is 6.42 Å². The molecule has 2 heteroatoms. The molecule has 0 aromatic heterocycles. The molecule has 0 unspecified atom stereocenters. The molecule has 0 amide bonds. The zero-order valence-electron chi connectivity index (χ0n) is 8.92. The maximum atomic E-state index is 8.52. The van der Waals surface area contributed by atoms with Gasteiger partial charge in [0.25, 0.3) is 0 Å². The largest absolute Gasteiger partial charge is 0.496 e. The molecule has 1 rings (SSSR count). The predicted molar refractivity (Wildman–Crippen MR) is 56.4 cm³/mol. The highest BCUT2D eigenvalue weighted by atomic mass is 16.5. The zero-order chi connectivity index (χ0) is 10.6. The summed E-state index contributed by atoms with van der Waals surface area (Å²) in [6.45, 7) is 4.14. The maximum absolute atomic E-state index is 8.52.